The number of anilines is 1. The Labute approximate surface area is 98.0 Å². The van der Waals surface area contributed by atoms with Gasteiger partial charge in [-0.05, 0) is 12.1 Å². The zero-order chi connectivity index (χ0) is 12.1. The molecule has 1 amide bonds. The van der Waals surface area contributed by atoms with Crippen LogP contribution < -0.4 is 10.6 Å². The summed E-state index contributed by atoms with van der Waals surface area (Å²) in [6.07, 6.45) is 3.16. The molecule has 2 rings (SSSR count). The van der Waals surface area contributed by atoms with Crippen molar-refractivity contribution in [3.05, 3.63) is 41.9 Å². The lowest BCUT2D eigenvalue weighted by atomic mass is 10.2. The van der Waals surface area contributed by atoms with Gasteiger partial charge >= 0.3 is 0 Å². The fourth-order valence-corrected chi connectivity index (χ4v) is 1.38. The predicted molar refractivity (Wildman–Crippen MR) is 61.5 cm³/mol. The molecule has 0 aliphatic rings. The maximum atomic E-state index is 11.9. The first-order chi connectivity index (χ1) is 8.31. The predicted octanol–water partition coefficient (Wildman–Crippen LogP) is 1.04. The third kappa shape index (κ3) is 2.60. The quantitative estimate of drug-likeness (QED) is 0.823. The molecule has 0 saturated carbocycles. The van der Waals surface area contributed by atoms with Crippen molar-refractivity contribution in [3.8, 4) is 0 Å². The number of nitrogens with one attached hydrogen (secondary N) is 2. The van der Waals surface area contributed by atoms with Gasteiger partial charge in [0.05, 0.1) is 18.3 Å². The zero-order valence-electron chi connectivity index (χ0n) is 9.30. The van der Waals surface area contributed by atoms with Gasteiger partial charge in [0, 0.05) is 19.3 Å². The molecule has 0 saturated heterocycles. The van der Waals surface area contributed by atoms with Crippen LogP contribution >= 0.6 is 0 Å². The van der Waals surface area contributed by atoms with Crippen molar-refractivity contribution in [3.63, 3.8) is 0 Å². The fraction of sp³-hybridized carbons (Fsp3) is 0.182. The second-order valence-corrected chi connectivity index (χ2v) is 3.31. The molecule has 2 aromatic heterocycles. The van der Waals surface area contributed by atoms with Crippen molar-refractivity contribution < 1.29 is 9.32 Å². The second-order valence-electron chi connectivity index (χ2n) is 3.31. The van der Waals surface area contributed by atoms with Crippen LogP contribution in [0.3, 0.4) is 0 Å². The minimum absolute atomic E-state index is 0.209. The van der Waals surface area contributed by atoms with Gasteiger partial charge in [0.1, 0.15) is 5.82 Å². The molecule has 0 spiro atoms. The van der Waals surface area contributed by atoms with Crippen molar-refractivity contribution in [1.29, 1.82) is 0 Å². The van der Waals surface area contributed by atoms with E-state index in [9.17, 15) is 4.79 Å². The molecule has 0 radical (unpaired) electrons. The van der Waals surface area contributed by atoms with E-state index in [0.717, 1.165) is 0 Å². The van der Waals surface area contributed by atoms with E-state index in [1.165, 1.54) is 6.20 Å². The van der Waals surface area contributed by atoms with Gasteiger partial charge in [0.2, 0.25) is 0 Å². The van der Waals surface area contributed by atoms with Gasteiger partial charge in [-0.2, -0.15) is 0 Å². The highest BCUT2D eigenvalue weighted by atomic mass is 16.5. The minimum Gasteiger partial charge on any atom is -0.372 e. The van der Waals surface area contributed by atoms with Crippen LogP contribution in [0, 0.1) is 0 Å². The molecule has 6 heteroatoms. The molecule has 0 atom stereocenters. The summed E-state index contributed by atoms with van der Waals surface area (Å²) in [5, 5.41) is 9.14. The molecule has 2 aromatic rings. The Hall–Kier alpha value is -2.37. The van der Waals surface area contributed by atoms with E-state index in [-0.39, 0.29) is 5.91 Å². The Morgan fingerprint density at radius 2 is 2.29 bits per heavy atom. The van der Waals surface area contributed by atoms with Crippen molar-refractivity contribution >= 4 is 11.7 Å². The molecule has 2 heterocycles. The monoisotopic (exact) mass is 232 g/mol. The van der Waals surface area contributed by atoms with Crippen molar-refractivity contribution in [2.24, 2.45) is 0 Å². The molecular weight excluding hydrogens is 220 g/mol. The second kappa shape index (κ2) is 5.11. The average molecular weight is 232 g/mol. The van der Waals surface area contributed by atoms with Crippen LogP contribution in [-0.4, -0.2) is 23.1 Å². The highest BCUT2D eigenvalue weighted by molar-refractivity contribution is 5.98. The lowest BCUT2D eigenvalue weighted by Gasteiger charge is -2.07. The summed E-state index contributed by atoms with van der Waals surface area (Å²) >= 11 is 0. The molecule has 0 fully saturated rings. The summed E-state index contributed by atoms with van der Waals surface area (Å²) in [7, 11) is 1.72. The Balaban J connectivity index is 2.04. The maximum Gasteiger partial charge on any atom is 0.255 e. The number of hydrogen-bond donors (Lipinski definition) is 2. The summed E-state index contributed by atoms with van der Waals surface area (Å²) in [4.78, 5) is 15.9. The molecule has 0 unspecified atom stereocenters. The number of pyridine rings is 1. The van der Waals surface area contributed by atoms with E-state index in [4.69, 9.17) is 4.52 Å². The van der Waals surface area contributed by atoms with Crippen LogP contribution in [0.5, 0.6) is 0 Å². The number of nitrogens with zero attached hydrogens (tertiary/aromatic N) is 2. The van der Waals surface area contributed by atoms with Crippen molar-refractivity contribution in [1.82, 2.24) is 15.5 Å². The fourth-order valence-electron chi connectivity index (χ4n) is 1.38. The molecule has 2 N–H and O–H groups in total. The van der Waals surface area contributed by atoms with E-state index in [0.29, 0.717) is 23.7 Å². The Kier molecular flexibility index (Phi) is 3.34. The number of aromatic nitrogens is 2. The van der Waals surface area contributed by atoms with Gasteiger partial charge in [-0.3, -0.25) is 4.79 Å². The number of rotatable bonds is 4. The first-order valence-electron chi connectivity index (χ1n) is 5.12. The third-order valence-electron chi connectivity index (χ3n) is 2.20. The molecule has 0 bridgehead atoms. The van der Waals surface area contributed by atoms with Crippen LogP contribution in [0.1, 0.15) is 16.1 Å². The summed E-state index contributed by atoms with van der Waals surface area (Å²) in [5.41, 5.74) is 0.495. The van der Waals surface area contributed by atoms with E-state index in [1.807, 2.05) is 0 Å². The number of carbonyl (C=O) groups is 1. The molecule has 6 nitrogen and oxygen atoms in total. The topological polar surface area (TPSA) is 80.0 Å². The van der Waals surface area contributed by atoms with Gasteiger partial charge in [-0.25, -0.2) is 4.98 Å². The van der Waals surface area contributed by atoms with Crippen LogP contribution in [0.4, 0.5) is 5.82 Å². The maximum absolute atomic E-state index is 11.9. The van der Waals surface area contributed by atoms with Crippen LogP contribution in [0.25, 0.3) is 0 Å². The van der Waals surface area contributed by atoms with Crippen LogP contribution in [0.2, 0.25) is 0 Å². The van der Waals surface area contributed by atoms with Gasteiger partial charge in [0.15, 0.2) is 5.76 Å². The smallest absolute Gasteiger partial charge is 0.255 e. The summed E-state index contributed by atoms with van der Waals surface area (Å²) in [6.45, 7) is 0.302. The molecule has 17 heavy (non-hydrogen) atoms. The van der Waals surface area contributed by atoms with E-state index >= 15 is 0 Å². The van der Waals surface area contributed by atoms with Gasteiger partial charge in [0.25, 0.3) is 5.91 Å². The van der Waals surface area contributed by atoms with Crippen molar-refractivity contribution in [2.45, 2.75) is 6.54 Å². The molecule has 88 valence electrons. The molecule has 0 aliphatic heterocycles. The molecular formula is C11H12N4O2. The molecule has 0 aliphatic carbocycles. The summed E-state index contributed by atoms with van der Waals surface area (Å²) < 4.78 is 4.88. The lowest BCUT2D eigenvalue weighted by Crippen LogP contribution is -2.23. The normalized spacial score (nSPS) is 9.94. The van der Waals surface area contributed by atoms with E-state index in [2.05, 4.69) is 20.8 Å². The summed E-state index contributed by atoms with van der Waals surface area (Å²) in [6, 6.07) is 5.11. The van der Waals surface area contributed by atoms with Crippen LogP contribution in [0.15, 0.2) is 35.1 Å². The lowest BCUT2D eigenvalue weighted by molar-refractivity contribution is 0.0947. The Morgan fingerprint density at radius 3 is 3.00 bits per heavy atom. The minimum atomic E-state index is -0.209. The zero-order valence-corrected chi connectivity index (χ0v) is 9.30. The van der Waals surface area contributed by atoms with Crippen molar-refractivity contribution in [2.75, 3.05) is 12.4 Å². The molecule has 0 aromatic carbocycles. The highest BCUT2D eigenvalue weighted by Gasteiger charge is 2.11. The highest BCUT2D eigenvalue weighted by Crippen LogP contribution is 2.10. The third-order valence-corrected chi connectivity index (χ3v) is 2.20. The first-order valence-corrected chi connectivity index (χ1v) is 5.12. The van der Waals surface area contributed by atoms with E-state index in [1.54, 1.807) is 31.4 Å². The number of hydrogen-bond acceptors (Lipinski definition) is 5. The Morgan fingerprint density at radius 1 is 1.41 bits per heavy atom. The number of amides is 1. The average Bonchev–Trinajstić information content (AvgIpc) is 2.89. The first kappa shape index (κ1) is 11.1. The van der Waals surface area contributed by atoms with Gasteiger partial charge in [-0.1, -0.05) is 5.16 Å². The Bertz CT molecular complexity index is 496. The van der Waals surface area contributed by atoms with Gasteiger partial charge < -0.3 is 15.2 Å². The standard InChI is InChI=1S/C11H12N4O2/c1-12-10-9(3-2-5-13-10)11(16)14-7-8-4-6-15-17-8/h2-6H,7H2,1H3,(H,12,13)(H,14,16). The van der Waals surface area contributed by atoms with Crippen LogP contribution in [-0.2, 0) is 6.54 Å². The van der Waals surface area contributed by atoms with E-state index < -0.39 is 0 Å². The van der Waals surface area contributed by atoms with Gasteiger partial charge in [-0.15, -0.1) is 0 Å². The summed E-state index contributed by atoms with van der Waals surface area (Å²) in [5.74, 6) is 0.940. The SMILES string of the molecule is CNc1ncccc1C(=O)NCc1ccno1. The number of carbonyl (C=O) groups excluding carboxylic acids is 1. The largest absolute Gasteiger partial charge is 0.372 e.